The first-order valence-electron chi connectivity index (χ1n) is 4.41. The van der Waals surface area contributed by atoms with Crippen LogP contribution in [0.3, 0.4) is 0 Å². The van der Waals surface area contributed by atoms with E-state index < -0.39 is 11.9 Å². The van der Waals surface area contributed by atoms with Crippen LogP contribution in [0.5, 0.6) is 0 Å². The van der Waals surface area contributed by atoms with Gasteiger partial charge in [-0.05, 0) is 17.8 Å². The third kappa shape index (κ3) is 1.04. The van der Waals surface area contributed by atoms with Gasteiger partial charge in [-0.15, -0.1) is 0 Å². The molecule has 0 saturated carbocycles. The van der Waals surface area contributed by atoms with E-state index in [1.807, 2.05) is 0 Å². The van der Waals surface area contributed by atoms with E-state index in [2.05, 4.69) is 4.74 Å². The summed E-state index contributed by atoms with van der Waals surface area (Å²) < 4.78 is 9.73. The van der Waals surface area contributed by atoms with Crippen molar-refractivity contribution < 1.29 is 23.5 Å². The summed E-state index contributed by atoms with van der Waals surface area (Å²) in [4.78, 5) is 34.1. The monoisotopic (exact) mass is 236 g/mol. The van der Waals surface area contributed by atoms with Gasteiger partial charge in [0.2, 0.25) is 0 Å². The summed E-state index contributed by atoms with van der Waals surface area (Å²) >= 11 is 0.963. The number of hydrogen-bond donors (Lipinski definition) is 0. The van der Waals surface area contributed by atoms with Crippen molar-refractivity contribution in [1.82, 2.24) is 0 Å². The predicted octanol–water partition coefficient (Wildman–Crippen LogP) is 1.82. The lowest BCUT2D eigenvalue weighted by Gasteiger charge is -1.93. The zero-order valence-corrected chi connectivity index (χ0v) is 8.84. The van der Waals surface area contributed by atoms with E-state index in [0.29, 0.717) is 10.5 Å². The van der Waals surface area contributed by atoms with Gasteiger partial charge >= 0.3 is 11.9 Å². The highest BCUT2D eigenvalue weighted by Gasteiger charge is 2.39. The van der Waals surface area contributed by atoms with E-state index in [4.69, 9.17) is 4.42 Å². The molecule has 80 valence electrons. The van der Waals surface area contributed by atoms with E-state index in [9.17, 15) is 14.4 Å². The number of cyclic esters (lactones) is 2. The van der Waals surface area contributed by atoms with Crippen molar-refractivity contribution in [3.05, 3.63) is 17.2 Å². The number of ether oxygens (including phenoxy) is 1. The number of carbonyl (C=O) groups excluding carboxylic acids is 3. The van der Waals surface area contributed by atoms with Gasteiger partial charge in [0, 0.05) is 6.92 Å². The molecule has 2 bridgehead atoms. The van der Waals surface area contributed by atoms with Gasteiger partial charge in [-0.3, -0.25) is 4.79 Å². The molecular weight excluding hydrogens is 232 g/mol. The maximum Gasteiger partial charge on any atom is 0.350 e. The highest BCUT2D eigenvalue weighted by molar-refractivity contribution is 8.13. The number of furan rings is 2. The molecule has 0 spiro atoms. The summed E-state index contributed by atoms with van der Waals surface area (Å²) in [7, 11) is 0. The number of benzene rings is 1. The van der Waals surface area contributed by atoms with Crippen molar-refractivity contribution in [3.8, 4) is 0 Å². The summed E-state index contributed by atoms with van der Waals surface area (Å²) in [6.07, 6.45) is 0. The van der Waals surface area contributed by atoms with Crippen LogP contribution in [-0.4, -0.2) is 17.1 Å². The van der Waals surface area contributed by atoms with Gasteiger partial charge in [0.15, 0.2) is 10.7 Å². The van der Waals surface area contributed by atoms with Gasteiger partial charge < -0.3 is 9.15 Å². The lowest BCUT2D eigenvalue weighted by atomic mass is 10.1. The second kappa shape index (κ2) is 2.85. The fourth-order valence-corrected chi connectivity index (χ4v) is 2.43. The number of carbonyl (C=O) groups is 3. The summed E-state index contributed by atoms with van der Waals surface area (Å²) in [6, 6.07) is 1.57. The SMILES string of the molecule is CC(=O)Sc1cc2oc1c1c2C(=O)OC1=O. The average molecular weight is 236 g/mol. The molecule has 2 aromatic heterocycles. The van der Waals surface area contributed by atoms with Gasteiger partial charge in [-0.1, -0.05) is 0 Å². The summed E-state index contributed by atoms with van der Waals surface area (Å²) in [5.41, 5.74) is 0.879. The zero-order chi connectivity index (χ0) is 11.4. The Labute approximate surface area is 93.1 Å². The second-order valence-corrected chi connectivity index (χ2v) is 4.54. The van der Waals surface area contributed by atoms with Gasteiger partial charge in [-0.25, -0.2) is 9.59 Å². The number of hydrogen-bond acceptors (Lipinski definition) is 6. The van der Waals surface area contributed by atoms with Crippen LogP contribution in [0.2, 0.25) is 0 Å². The van der Waals surface area contributed by atoms with Crippen molar-refractivity contribution in [2.24, 2.45) is 0 Å². The fourth-order valence-electron chi connectivity index (χ4n) is 1.72. The minimum atomic E-state index is -0.709. The van der Waals surface area contributed by atoms with Crippen molar-refractivity contribution in [2.75, 3.05) is 0 Å². The molecule has 6 heteroatoms. The Morgan fingerprint density at radius 1 is 1.25 bits per heavy atom. The lowest BCUT2D eigenvalue weighted by Crippen LogP contribution is -1.97. The number of thioether (sulfide) groups is 1. The normalized spacial score (nSPS) is 14.6. The maximum absolute atomic E-state index is 11.4. The van der Waals surface area contributed by atoms with Crippen molar-refractivity contribution in [2.45, 2.75) is 11.8 Å². The lowest BCUT2D eigenvalue weighted by molar-refractivity contribution is -0.109. The van der Waals surface area contributed by atoms with Gasteiger partial charge in [0.25, 0.3) is 0 Å². The molecule has 0 radical (unpaired) electrons. The smallest absolute Gasteiger partial charge is 0.350 e. The largest absolute Gasteiger partial charge is 0.454 e. The van der Waals surface area contributed by atoms with E-state index in [1.54, 1.807) is 6.07 Å². The molecule has 0 aliphatic carbocycles. The standard InChI is InChI=1S/C10H4O5S/c1-3(11)16-5-2-4-6-7(8(5)14-4)10(13)15-9(6)12/h2H,1H3. The average Bonchev–Trinajstić information content (AvgIpc) is 2.78. The maximum atomic E-state index is 11.4. The minimum Gasteiger partial charge on any atom is -0.454 e. The van der Waals surface area contributed by atoms with Crippen LogP contribution in [-0.2, 0) is 9.53 Å². The highest BCUT2D eigenvalue weighted by Crippen LogP contribution is 2.41. The summed E-state index contributed by atoms with van der Waals surface area (Å²) in [5, 5.41) is -0.115. The predicted molar refractivity (Wildman–Crippen MR) is 53.7 cm³/mol. The molecule has 0 fully saturated rings. The molecule has 2 aromatic rings. The fraction of sp³-hybridized carbons (Fsp3) is 0.100. The molecule has 0 N–H and O–H groups in total. The highest BCUT2D eigenvalue weighted by atomic mass is 32.2. The Bertz CT molecular complexity index is 639. The van der Waals surface area contributed by atoms with Crippen LogP contribution >= 0.6 is 11.8 Å². The zero-order valence-electron chi connectivity index (χ0n) is 8.03. The van der Waals surface area contributed by atoms with Crippen LogP contribution in [0.4, 0.5) is 0 Å². The molecular formula is C10H4O5S. The van der Waals surface area contributed by atoms with Gasteiger partial charge in [0.1, 0.15) is 16.7 Å². The molecule has 5 nitrogen and oxygen atoms in total. The first-order valence-corrected chi connectivity index (χ1v) is 5.23. The summed E-state index contributed by atoms with van der Waals surface area (Å²) in [6.45, 7) is 1.41. The number of rotatable bonds is 1. The Morgan fingerprint density at radius 2 is 1.94 bits per heavy atom. The molecule has 16 heavy (non-hydrogen) atoms. The van der Waals surface area contributed by atoms with Gasteiger partial charge in [0.05, 0.1) is 4.90 Å². The van der Waals surface area contributed by atoms with Crippen LogP contribution in [0, 0.1) is 0 Å². The Morgan fingerprint density at radius 3 is 2.62 bits per heavy atom. The van der Waals surface area contributed by atoms with E-state index in [1.165, 1.54) is 6.92 Å². The topological polar surface area (TPSA) is 73.6 Å². The molecule has 1 aliphatic rings. The van der Waals surface area contributed by atoms with Crippen LogP contribution in [0.1, 0.15) is 27.6 Å². The molecule has 0 unspecified atom stereocenters. The van der Waals surface area contributed by atoms with Crippen LogP contribution in [0.15, 0.2) is 15.4 Å². The summed E-state index contributed by atoms with van der Waals surface area (Å²) in [5.74, 6) is -1.40. The van der Waals surface area contributed by atoms with Gasteiger partial charge in [-0.2, -0.15) is 0 Å². The van der Waals surface area contributed by atoms with Crippen molar-refractivity contribution >= 4 is 40.0 Å². The molecule has 0 amide bonds. The molecule has 3 rings (SSSR count). The minimum absolute atomic E-state index is 0.115. The van der Waals surface area contributed by atoms with Crippen LogP contribution < -0.4 is 0 Å². The Hall–Kier alpha value is -1.82. The molecule has 0 atom stereocenters. The third-order valence-electron chi connectivity index (χ3n) is 2.27. The molecule has 0 saturated heterocycles. The quantitative estimate of drug-likeness (QED) is 0.427. The third-order valence-corrected chi connectivity index (χ3v) is 3.08. The Kier molecular flexibility index (Phi) is 1.68. The van der Waals surface area contributed by atoms with E-state index in [-0.39, 0.29) is 21.8 Å². The number of fused-ring (bicyclic) bond motifs is 5. The second-order valence-electron chi connectivity index (χ2n) is 3.32. The molecule has 0 aromatic carbocycles. The molecule has 1 aliphatic heterocycles. The molecule has 3 heterocycles. The van der Waals surface area contributed by atoms with E-state index in [0.717, 1.165) is 11.8 Å². The number of esters is 2. The first-order chi connectivity index (χ1) is 7.58. The Balaban J connectivity index is 2.23. The van der Waals surface area contributed by atoms with E-state index >= 15 is 0 Å². The van der Waals surface area contributed by atoms with Crippen molar-refractivity contribution in [3.63, 3.8) is 0 Å². The van der Waals surface area contributed by atoms with Crippen molar-refractivity contribution in [1.29, 1.82) is 0 Å². The van der Waals surface area contributed by atoms with Crippen LogP contribution in [0.25, 0.3) is 11.2 Å². The first kappa shape index (κ1) is 9.41.